The van der Waals surface area contributed by atoms with E-state index in [1.54, 1.807) is 12.1 Å². The number of aryl methyl sites for hydroxylation is 1. The van der Waals surface area contributed by atoms with Gasteiger partial charge in [-0.3, -0.25) is 4.79 Å². The predicted octanol–water partition coefficient (Wildman–Crippen LogP) is 2.50. The Morgan fingerprint density at radius 3 is 2.53 bits per heavy atom. The number of hydrogen-bond donors (Lipinski definition) is 0. The number of carbonyl (C=O) groups is 2. The largest absolute Gasteiger partial charge is 1.00 e. The van der Waals surface area contributed by atoms with Crippen molar-refractivity contribution < 1.29 is 62.1 Å². The number of carboxylic acids is 1. The van der Waals surface area contributed by atoms with Gasteiger partial charge in [0.2, 0.25) is 5.92 Å². The van der Waals surface area contributed by atoms with Gasteiger partial charge in [-0.15, -0.1) is 0 Å². The molecule has 1 aromatic carbocycles. The maximum absolute atomic E-state index is 13.3. The van der Waals surface area contributed by atoms with E-state index >= 15 is 0 Å². The molecule has 0 bridgehead atoms. The number of Topliss-reactive ketones (excluding diaryl/α,β-unsaturated/α-hetero) is 1. The van der Waals surface area contributed by atoms with Gasteiger partial charge < -0.3 is 18.9 Å². The van der Waals surface area contributed by atoms with Crippen molar-refractivity contribution in [1.82, 2.24) is 10.3 Å². The molecule has 2 aliphatic carbocycles. The maximum Gasteiger partial charge on any atom is 1.00 e. The van der Waals surface area contributed by atoms with Crippen molar-refractivity contribution >= 4 is 23.4 Å². The summed E-state index contributed by atoms with van der Waals surface area (Å²) in [6.07, 6.45) is 1.31. The topological polar surface area (TPSA) is 109 Å². The van der Waals surface area contributed by atoms with Gasteiger partial charge in [0.25, 0.3) is 0 Å². The second kappa shape index (κ2) is 11.6. The molecule has 196 valence electrons. The number of carbonyl (C=O) groups excluding carboxylic acids is 2. The molecule has 0 N–H and O–H groups in total. The van der Waals surface area contributed by atoms with Crippen LogP contribution in [0, 0.1) is 6.92 Å². The number of alkyl halides is 2. The van der Waals surface area contributed by atoms with Gasteiger partial charge in [0.05, 0.1) is 5.69 Å². The summed E-state index contributed by atoms with van der Waals surface area (Å²) in [7, 11) is 0. The molecule has 2 saturated carbocycles. The molecule has 2 aliphatic rings. The Morgan fingerprint density at radius 2 is 1.89 bits per heavy atom. The van der Waals surface area contributed by atoms with Gasteiger partial charge in [0.1, 0.15) is 11.5 Å². The van der Waals surface area contributed by atoms with Gasteiger partial charge in [0.15, 0.2) is 11.5 Å². The zero-order valence-corrected chi connectivity index (χ0v) is 24.0. The van der Waals surface area contributed by atoms with Gasteiger partial charge >= 0.3 is 29.6 Å². The fraction of sp³-hybridized carbons (Fsp3) is 0.481. The fourth-order valence-electron chi connectivity index (χ4n) is 4.99. The SMILES string of the molecule is Cc1ccc(CC(=O)C[C@H](CCC(=O)[O-])c2noc(-c3cc(C4CC(F)(F)C4)on3)c2C2CC2)c(Cl)c1.[Na+]. The molecule has 0 unspecified atom stereocenters. The summed E-state index contributed by atoms with van der Waals surface area (Å²) in [6, 6.07) is 7.10. The van der Waals surface area contributed by atoms with Crippen LogP contribution in [-0.4, -0.2) is 28.0 Å². The van der Waals surface area contributed by atoms with Gasteiger partial charge in [-0.1, -0.05) is 34.0 Å². The number of benzene rings is 1. The third-order valence-corrected chi connectivity index (χ3v) is 7.50. The minimum Gasteiger partial charge on any atom is -0.550 e. The number of ketones is 1. The quantitative estimate of drug-likeness (QED) is 0.335. The minimum absolute atomic E-state index is 0. The van der Waals surface area contributed by atoms with Crippen molar-refractivity contribution in [1.29, 1.82) is 0 Å². The average Bonchev–Trinajstić information content (AvgIpc) is 3.36. The minimum atomic E-state index is -2.68. The summed E-state index contributed by atoms with van der Waals surface area (Å²) in [5.74, 6) is -4.01. The molecule has 3 aromatic rings. The molecule has 2 aromatic heterocycles. The van der Waals surface area contributed by atoms with Gasteiger partial charge in [0, 0.05) is 60.1 Å². The smallest absolute Gasteiger partial charge is 0.550 e. The van der Waals surface area contributed by atoms with E-state index in [4.69, 9.17) is 20.6 Å². The van der Waals surface area contributed by atoms with Crippen molar-refractivity contribution in [3.8, 4) is 11.5 Å². The Morgan fingerprint density at radius 1 is 1.16 bits per heavy atom. The summed E-state index contributed by atoms with van der Waals surface area (Å²) in [5.41, 5.74) is 3.36. The maximum atomic E-state index is 13.3. The average molecular weight is 555 g/mol. The van der Waals surface area contributed by atoms with Crippen LogP contribution in [0.2, 0.25) is 5.02 Å². The molecule has 1 atom stereocenters. The van der Waals surface area contributed by atoms with E-state index in [-0.39, 0.29) is 79.8 Å². The number of aromatic nitrogens is 2. The van der Waals surface area contributed by atoms with Crippen molar-refractivity contribution in [2.75, 3.05) is 0 Å². The zero-order valence-electron chi connectivity index (χ0n) is 21.3. The molecule has 0 saturated heterocycles. The first kappa shape index (κ1) is 28.9. The van der Waals surface area contributed by atoms with E-state index in [0.29, 0.717) is 33.5 Å². The third kappa shape index (κ3) is 6.55. The Kier molecular flexibility index (Phi) is 8.81. The summed E-state index contributed by atoms with van der Waals surface area (Å²) < 4.78 is 37.6. The molecular weight excluding hydrogens is 529 g/mol. The van der Waals surface area contributed by atoms with E-state index in [9.17, 15) is 23.5 Å². The summed E-state index contributed by atoms with van der Waals surface area (Å²) >= 11 is 6.31. The fourth-order valence-corrected chi connectivity index (χ4v) is 5.29. The number of aliphatic carboxylic acids is 1. The molecule has 5 rings (SSSR count). The van der Waals surface area contributed by atoms with Crippen molar-refractivity contribution in [2.45, 2.75) is 82.0 Å². The molecule has 0 radical (unpaired) electrons. The number of nitrogens with zero attached hydrogens (tertiary/aromatic N) is 2. The monoisotopic (exact) mass is 554 g/mol. The zero-order chi connectivity index (χ0) is 26.3. The van der Waals surface area contributed by atoms with Crippen LogP contribution in [0.3, 0.4) is 0 Å². The van der Waals surface area contributed by atoms with Crippen molar-refractivity contribution in [2.24, 2.45) is 0 Å². The Balaban J connectivity index is 0.00000336. The Bertz CT molecular complexity index is 1330. The predicted molar refractivity (Wildman–Crippen MR) is 127 cm³/mol. The number of carboxylic acid groups (broad SMARTS) is 1. The number of hydrogen-bond acceptors (Lipinski definition) is 7. The molecule has 7 nitrogen and oxygen atoms in total. The summed E-state index contributed by atoms with van der Waals surface area (Å²) in [5, 5.41) is 20.1. The van der Waals surface area contributed by atoms with Crippen LogP contribution in [0.15, 0.2) is 33.3 Å². The Labute approximate surface area is 245 Å². The second-order valence-electron chi connectivity index (χ2n) is 10.3. The van der Waals surface area contributed by atoms with Crippen molar-refractivity contribution in [3.05, 3.63) is 57.4 Å². The molecule has 2 fully saturated rings. The van der Waals surface area contributed by atoms with E-state index in [1.165, 1.54) is 0 Å². The van der Waals surface area contributed by atoms with Gasteiger partial charge in [-0.05, 0) is 55.7 Å². The van der Waals surface area contributed by atoms with Gasteiger partial charge in [-0.25, -0.2) is 8.78 Å². The molecule has 0 amide bonds. The van der Waals surface area contributed by atoms with Crippen LogP contribution in [0.4, 0.5) is 8.78 Å². The molecule has 0 spiro atoms. The summed E-state index contributed by atoms with van der Waals surface area (Å²) in [4.78, 5) is 24.3. The Hall–Kier alpha value is -2.07. The van der Waals surface area contributed by atoms with Crippen LogP contribution in [0.1, 0.15) is 90.8 Å². The van der Waals surface area contributed by atoms with Crippen molar-refractivity contribution in [3.63, 3.8) is 0 Å². The standard InChI is InChI=1S/C27H27ClF2N2O5.Na/c1-14-2-3-16(20(28)8-14)9-19(33)10-17(6-7-23(34)35)25-24(15-4-5-15)26(37-32-25)21-11-22(36-31-21)18-12-27(29,30)13-18;/h2-3,8,11,15,17-18H,4-7,9-10,12-13H2,1H3,(H,34,35);/q;+1/p-1/t17-;/m0./s1. The molecule has 2 heterocycles. The first-order valence-corrected chi connectivity index (χ1v) is 12.8. The van der Waals surface area contributed by atoms with E-state index in [2.05, 4.69) is 10.3 Å². The summed E-state index contributed by atoms with van der Waals surface area (Å²) in [6.45, 7) is 1.91. The van der Waals surface area contributed by atoms with Crippen LogP contribution in [0.25, 0.3) is 11.5 Å². The first-order valence-electron chi connectivity index (χ1n) is 12.4. The molecule has 0 aliphatic heterocycles. The van der Waals surface area contributed by atoms with E-state index in [1.807, 2.05) is 19.1 Å². The van der Waals surface area contributed by atoms with Crippen LogP contribution >= 0.6 is 11.6 Å². The van der Waals surface area contributed by atoms with E-state index in [0.717, 1.165) is 24.0 Å². The van der Waals surface area contributed by atoms with Crippen LogP contribution < -0.4 is 34.7 Å². The normalized spacial score (nSPS) is 17.5. The number of halogens is 3. The molecule has 38 heavy (non-hydrogen) atoms. The molecular formula is C27H26ClF2N2NaO5. The van der Waals surface area contributed by atoms with Gasteiger partial charge in [-0.2, -0.15) is 0 Å². The van der Waals surface area contributed by atoms with Crippen LogP contribution in [-0.2, 0) is 16.0 Å². The first-order chi connectivity index (χ1) is 17.6. The third-order valence-electron chi connectivity index (χ3n) is 7.15. The molecule has 11 heteroatoms. The number of rotatable bonds is 11. The second-order valence-corrected chi connectivity index (χ2v) is 10.7. The van der Waals surface area contributed by atoms with Crippen LogP contribution in [0.5, 0.6) is 0 Å². The van der Waals surface area contributed by atoms with E-state index < -0.39 is 23.7 Å².